The summed E-state index contributed by atoms with van der Waals surface area (Å²) in [7, 11) is 0. The SMILES string of the molecule is CC(C)Oc1cc(Br)ccc1C(=O)NC1CCCNC1C.Cl. The minimum Gasteiger partial charge on any atom is -0.490 e. The fourth-order valence-electron chi connectivity index (χ4n) is 2.52. The minimum absolute atomic E-state index is 0. The molecule has 0 aromatic heterocycles. The van der Waals surface area contributed by atoms with Crippen molar-refractivity contribution in [2.24, 2.45) is 0 Å². The molecular formula is C16H24BrClN2O2. The van der Waals surface area contributed by atoms with Gasteiger partial charge in [0.25, 0.3) is 5.91 Å². The van der Waals surface area contributed by atoms with Gasteiger partial charge in [0.1, 0.15) is 5.75 Å². The van der Waals surface area contributed by atoms with E-state index in [0.717, 1.165) is 23.9 Å². The number of carbonyl (C=O) groups excluding carboxylic acids is 1. The number of hydrogen-bond donors (Lipinski definition) is 2. The van der Waals surface area contributed by atoms with E-state index < -0.39 is 0 Å². The van der Waals surface area contributed by atoms with Gasteiger partial charge in [0.15, 0.2) is 0 Å². The zero-order valence-electron chi connectivity index (χ0n) is 13.2. The third-order valence-electron chi connectivity index (χ3n) is 3.63. The zero-order chi connectivity index (χ0) is 15.4. The smallest absolute Gasteiger partial charge is 0.255 e. The number of halogens is 2. The van der Waals surface area contributed by atoms with E-state index >= 15 is 0 Å². The fourth-order valence-corrected chi connectivity index (χ4v) is 2.86. The predicted octanol–water partition coefficient (Wildman–Crippen LogP) is 3.53. The van der Waals surface area contributed by atoms with Crippen LogP contribution in [0.4, 0.5) is 0 Å². The van der Waals surface area contributed by atoms with Crippen LogP contribution < -0.4 is 15.4 Å². The molecule has 1 amide bonds. The molecule has 2 N–H and O–H groups in total. The topological polar surface area (TPSA) is 50.4 Å². The third kappa shape index (κ3) is 5.14. The lowest BCUT2D eigenvalue weighted by Crippen LogP contribution is -2.51. The summed E-state index contributed by atoms with van der Waals surface area (Å²) in [5.41, 5.74) is 0.588. The van der Waals surface area contributed by atoms with Gasteiger partial charge in [0, 0.05) is 16.6 Å². The van der Waals surface area contributed by atoms with E-state index in [0.29, 0.717) is 17.4 Å². The molecule has 1 heterocycles. The highest BCUT2D eigenvalue weighted by Gasteiger charge is 2.24. The van der Waals surface area contributed by atoms with Crippen LogP contribution >= 0.6 is 28.3 Å². The van der Waals surface area contributed by atoms with E-state index in [2.05, 4.69) is 33.5 Å². The average molecular weight is 392 g/mol. The van der Waals surface area contributed by atoms with Crippen molar-refractivity contribution in [3.63, 3.8) is 0 Å². The molecule has 0 bridgehead atoms. The van der Waals surface area contributed by atoms with Gasteiger partial charge in [-0.05, 0) is 58.4 Å². The highest BCUT2D eigenvalue weighted by molar-refractivity contribution is 9.10. The second-order valence-corrected chi connectivity index (χ2v) is 6.69. The first kappa shape index (κ1) is 19.3. The van der Waals surface area contributed by atoms with E-state index in [9.17, 15) is 4.79 Å². The van der Waals surface area contributed by atoms with Gasteiger partial charge in [-0.2, -0.15) is 0 Å². The Labute approximate surface area is 146 Å². The van der Waals surface area contributed by atoms with Crippen LogP contribution in [0.15, 0.2) is 22.7 Å². The molecule has 1 fully saturated rings. The first-order chi connectivity index (χ1) is 9.97. The molecule has 1 aromatic carbocycles. The number of amides is 1. The molecule has 1 saturated heterocycles. The van der Waals surface area contributed by atoms with Crippen molar-refractivity contribution in [2.75, 3.05) is 6.54 Å². The highest BCUT2D eigenvalue weighted by Crippen LogP contribution is 2.25. The van der Waals surface area contributed by atoms with Gasteiger partial charge in [-0.25, -0.2) is 0 Å². The molecule has 1 aliphatic rings. The van der Waals surface area contributed by atoms with Gasteiger partial charge < -0.3 is 15.4 Å². The zero-order valence-corrected chi connectivity index (χ0v) is 15.6. The monoisotopic (exact) mass is 390 g/mol. The van der Waals surface area contributed by atoms with Crippen molar-refractivity contribution in [2.45, 2.75) is 51.8 Å². The number of hydrogen-bond acceptors (Lipinski definition) is 3. The number of benzene rings is 1. The minimum atomic E-state index is -0.0706. The number of ether oxygens (including phenoxy) is 1. The Balaban J connectivity index is 0.00000242. The molecule has 1 aromatic rings. The summed E-state index contributed by atoms with van der Waals surface area (Å²) >= 11 is 3.42. The Morgan fingerprint density at radius 1 is 1.45 bits per heavy atom. The van der Waals surface area contributed by atoms with Gasteiger partial charge in [0.05, 0.1) is 11.7 Å². The summed E-state index contributed by atoms with van der Waals surface area (Å²) in [6, 6.07) is 5.98. The lowest BCUT2D eigenvalue weighted by Gasteiger charge is -2.30. The van der Waals surface area contributed by atoms with Crippen LogP contribution in [0.25, 0.3) is 0 Å². The molecule has 2 rings (SSSR count). The van der Waals surface area contributed by atoms with Gasteiger partial charge in [-0.1, -0.05) is 15.9 Å². The normalized spacial score (nSPS) is 21.1. The van der Waals surface area contributed by atoms with Gasteiger partial charge >= 0.3 is 0 Å². The number of piperidine rings is 1. The van der Waals surface area contributed by atoms with Crippen molar-refractivity contribution >= 4 is 34.2 Å². The summed E-state index contributed by atoms with van der Waals surface area (Å²) in [5.74, 6) is 0.548. The van der Waals surface area contributed by atoms with Gasteiger partial charge in [0.2, 0.25) is 0 Å². The fraction of sp³-hybridized carbons (Fsp3) is 0.562. The predicted molar refractivity (Wildman–Crippen MR) is 95.1 cm³/mol. The standard InChI is InChI=1S/C16H23BrN2O2.ClH/c1-10(2)21-15-9-12(17)6-7-13(15)16(20)19-14-5-4-8-18-11(14)3;/h6-7,9-11,14,18H,4-5,8H2,1-3H3,(H,19,20);1H. The molecule has 0 spiro atoms. The van der Waals surface area contributed by atoms with Crippen LogP contribution in [-0.2, 0) is 0 Å². The second kappa shape index (κ2) is 8.75. The van der Waals surface area contributed by atoms with E-state index in [1.165, 1.54) is 0 Å². The van der Waals surface area contributed by atoms with Crippen molar-refractivity contribution in [3.05, 3.63) is 28.2 Å². The van der Waals surface area contributed by atoms with Crippen LogP contribution in [0, 0.1) is 0 Å². The van der Waals surface area contributed by atoms with Crippen LogP contribution in [0.1, 0.15) is 44.0 Å². The van der Waals surface area contributed by atoms with Crippen molar-refractivity contribution in [1.82, 2.24) is 10.6 Å². The molecule has 0 saturated carbocycles. The molecule has 6 heteroatoms. The van der Waals surface area contributed by atoms with E-state index in [-0.39, 0.29) is 30.5 Å². The summed E-state index contributed by atoms with van der Waals surface area (Å²) in [5, 5.41) is 6.51. The summed E-state index contributed by atoms with van der Waals surface area (Å²) < 4.78 is 6.66. The maximum atomic E-state index is 12.5. The molecule has 4 nitrogen and oxygen atoms in total. The highest BCUT2D eigenvalue weighted by atomic mass is 79.9. The molecule has 22 heavy (non-hydrogen) atoms. The first-order valence-corrected chi connectivity index (χ1v) is 8.27. The first-order valence-electron chi connectivity index (χ1n) is 7.48. The lowest BCUT2D eigenvalue weighted by atomic mass is 9.99. The third-order valence-corrected chi connectivity index (χ3v) is 4.12. The number of rotatable bonds is 4. The van der Waals surface area contributed by atoms with Gasteiger partial charge in [-0.15, -0.1) is 12.4 Å². The van der Waals surface area contributed by atoms with Crippen LogP contribution in [-0.4, -0.2) is 30.6 Å². The second-order valence-electron chi connectivity index (χ2n) is 5.77. The lowest BCUT2D eigenvalue weighted by molar-refractivity contribution is 0.0914. The van der Waals surface area contributed by atoms with Crippen LogP contribution in [0.3, 0.4) is 0 Å². The Morgan fingerprint density at radius 2 is 2.18 bits per heavy atom. The van der Waals surface area contributed by atoms with E-state index in [1.54, 1.807) is 6.07 Å². The average Bonchev–Trinajstić information content (AvgIpc) is 2.40. The number of nitrogens with one attached hydrogen (secondary N) is 2. The summed E-state index contributed by atoms with van der Waals surface area (Å²) in [4.78, 5) is 12.5. The summed E-state index contributed by atoms with van der Waals surface area (Å²) in [6.45, 7) is 7.04. The van der Waals surface area contributed by atoms with Crippen molar-refractivity contribution in [3.8, 4) is 5.75 Å². The van der Waals surface area contributed by atoms with Crippen molar-refractivity contribution in [1.29, 1.82) is 0 Å². The molecule has 124 valence electrons. The quantitative estimate of drug-likeness (QED) is 0.825. The number of carbonyl (C=O) groups is 1. The molecular weight excluding hydrogens is 368 g/mol. The van der Waals surface area contributed by atoms with Crippen molar-refractivity contribution < 1.29 is 9.53 Å². The van der Waals surface area contributed by atoms with Crippen LogP contribution in [0.2, 0.25) is 0 Å². The van der Waals surface area contributed by atoms with E-state index in [1.807, 2.05) is 26.0 Å². The Bertz CT molecular complexity index is 511. The largest absolute Gasteiger partial charge is 0.490 e. The molecule has 0 radical (unpaired) electrons. The van der Waals surface area contributed by atoms with E-state index in [4.69, 9.17) is 4.74 Å². The molecule has 2 atom stereocenters. The Kier molecular flexibility index (Phi) is 7.66. The molecule has 1 aliphatic heterocycles. The Hall–Kier alpha value is -0.780. The van der Waals surface area contributed by atoms with Gasteiger partial charge in [-0.3, -0.25) is 4.79 Å². The maximum absolute atomic E-state index is 12.5. The maximum Gasteiger partial charge on any atom is 0.255 e. The molecule has 0 aliphatic carbocycles. The molecule has 2 unspecified atom stereocenters. The van der Waals surface area contributed by atoms with Crippen LogP contribution in [0.5, 0.6) is 5.75 Å². The summed E-state index contributed by atoms with van der Waals surface area (Å²) in [6.07, 6.45) is 2.13. The Morgan fingerprint density at radius 3 is 2.82 bits per heavy atom.